The Balaban J connectivity index is 3.03. The first-order valence-electron chi connectivity index (χ1n) is 5.13. The standard InChI is InChI=1S/C11H16N2O3/c1-5-16-11(14)9-7(2)6-12-10(13-9)8(3)15-4/h6,8H,5H2,1-4H3. The topological polar surface area (TPSA) is 61.3 Å². The summed E-state index contributed by atoms with van der Waals surface area (Å²) in [4.78, 5) is 19.8. The number of carbonyl (C=O) groups excluding carboxylic acids is 1. The van der Waals surface area contributed by atoms with Crippen LogP contribution in [0.25, 0.3) is 0 Å². The van der Waals surface area contributed by atoms with Crippen LogP contribution in [-0.2, 0) is 9.47 Å². The average Bonchev–Trinajstić information content (AvgIpc) is 2.29. The zero-order valence-corrected chi connectivity index (χ0v) is 9.98. The Morgan fingerprint density at radius 1 is 1.56 bits per heavy atom. The Labute approximate surface area is 94.8 Å². The largest absolute Gasteiger partial charge is 0.461 e. The van der Waals surface area contributed by atoms with Gasteiger partial charge in [0.1, 0.15) is 6.10 Å². The van der Waals surface area contributed by atoms with Crippen molar-refractivity contribution in [3.63, 3.8) is 0 Å². The number of carbonyl (C=O) groups is 1. The van der Waals surface area contributed by atoms with Gasteiger partial charge in [-0.1, -0.05) is 0 Å². The van der Waals surface area contributed by atoms with Crippen LogP contribution in [0.5, 0.6) is 0 Å². The fraction of sp³-hybridized carbons (Fsp3) is 0.545. The van der Waals surface area contributed by atoms with Crippen molar-refractivity contribution < 1.29 is 14.3 Å². The van der Waals surface area contributed by atoms with Crippen molar-refractivity contribution >= 4 is 5.97 Å². The fourth-order valence-electron chi connectivity index (χ4n) is 1.16. The molecule has 0 N–H and O–H groups in total. The van der Waals surface area contributed by atoms with Gasteiger partial charge in [0.15, 0.2) is 11.5 Å². The molecule has 0 saturated heterocycles. The summed E-state index contributed by atoms with van der Waals surface area (Å²) in [7, 11) is 1.57. The third-order valence-electron chi connectivity index (χ3n) is 2.18. The molecule has 88 valence electrons. The highest BCUT2D eigenvalue weighted by atomic mass is 16.5. The summed E-state index contributed by atoms with van der Waals surface area (Å²) in [6, 6.07) is 0. The normalized spacial score (nSPS) is 12.2. The van der Waals surface area contributed by atoms with E-state index >= 15 is 0 Å². The maximum Gasteiger partial charge on any atom is 0.357 e. The summed E-state index contributed by atoms with van der Waals surface area (Å²) < 4.78 is 10.0. The first-order chi connectivity index (χ1) is 7.60. The second kappa shape index (κ2) is 5.55. The molecule has 0 spiro atoms. The Bertz CT molecular complexity index is 379. The minimum absolute atomic E-state index is 0.242. The van der Waals surface area contributed by atoms with Gasteiger partial charge in [0.25, 0.3) is 0 Å². The van der Waals surface area contributed by atoms with Crippen molar-refractivity contribution in [3.05, 3.63) is 23.3 Å². The molecule has 1 atom stereocenters. The van der Waals surface area contributed by atoms with Crippen LogP contribution in [0.1, 0.15) is 41.8 Å². The highest BCUT2D eigenvalue weighted by Gasteiger charge is 2.16. The predicted molar refractivity (Wildman–Crippen MR) is 58.1 cm³/mol. The molecule has 0 aliphatic rings. The van der Waals surface area contributed by atoms with E-state index in [0.717, 1.165) is 0 Å². The van der Waals surface area contributed by atoms with Crippen molar-refractivity contribution in [1.82, 2.24) is 9.97 Å². The van der Waals surface area contributed by atoms with E-state index < -0.39 is 5.97 Å². The molecule has 5 nitrogen and oxygen atoms in total. The predicted octanol–water partition coefficient (Wildman–Crippen LogP) is 1.67. The lowest BCUT2D eigenvalue weighted by molar-refractivity contribution is 0.0515. The van der Waals surface area contributed by atoms with Crippen molar-refractivity contribution in [2.45, 2.75) is 26.9 Å². The van der Waals surface area contributed by atoms with E-state index in [1.165, 1.54) is 0 Å². The Hall–Kier alpha value is -1.49. The molecular formula is C11H16N2O3. The maximum absolute atomic E-state index is 11.6. The molecule has 1 heterocycles. The molecule has 0 aliphatic carbocycles. The summed E-state index contributed by atoms with van der Waals surface area (Å²) in [5.74, 6) is 0.0584. The number of ether oxygens (including phenoxy) is 2. The zero-order valence-electron chi connectivity index (χ0n) is 9.98. The minimum atomic E-state index is -0.424. The second-order valence-corrected chi connectivity index (χ2v) is 3.36. The van der Waals surface area contributed by atoms with Crippen LogP contribution < -0.4 is 0 Å². The van der Waals surface area contributed by atoms with Gasteiger partial charge in [0, 0.05) is 18.9 Å². The van der Waals surface area contributed by atoms with E-state index in [0.29, 0.717) is 23.7 Å². The van der Waals surface area contributed by atoms with E-state index in [9.17, 15) is 4.79 Å². The van der Waals surface area contributed by atoms with E-state index in [-0.39, 0.29) is 6.10 Å². The number of methoxy groups -OCH3 is 1. The molecule has 0 aliphatic heterocycles. The van der Waals surface area contributed by atoms with Crippen molar-refractivity contribution in [2.75, 3.05) is 13.7 Å². The van der Waals surface area contributed by atoms with Crippen LogP contribution in [0.3, 0.4) is 0 Å². The highest BCUT2D eigenvalue weighted by Crippen LogP contribution is 2.13. The molecule has 0 fully saturated rings. The molecule has 0 amide bonds. The third kappa shape index (κ3) is 2.76. The molecule has 1 rings (SSSR count). The van der Waals surface area contributed by atoms with E-state index in [4.69, 9.17) is 9.47 Å². The first-order valence-corrected chi connectivity index (χ1v) is 5.13. The van der Waals surface area contributed by atoms with Crippen molar-refractivity contribution in [2.24, 2.45) is 0 Å². The van der Waals surface area contributed by atoms with E-state index in [1.807, 2.05) is 6.92 Å². The van der Waals surface area contributed by atoms with Gasteiger partial charge in [-0.15, -0.1) is 0 Å². The van der Waals surface area contributed by atoms with Crippen LogP contribution in [-0.4, -0.2) is 29.7 Å². The molecule has 16 heavy (non-hydrogen) atoms. The number of rotatable bonds is 4. The molecule has 1 aromatic heterocycles. The lowest BCUT2D eigenvalue weighted by atomic mass is 10.2. The average molecular weight is 224 g/mol. The van der Waals surface area contributed by atoms with Crippen LogP contribution in [0, 0.1) is 6.92 Å². The van der Waals surface area contributed by atoms with Crippen molar-refractivity contribution in [3.8, 4) is 0 Å². The van der Waals surface area contributed by atoms with Gasteiger partial charge in [-0.3, -0.25) is 0 Å². The molecule has 0 radical (unpaired) electrons. The second-order valence-electron chi connectivity index (χ2n) is 3.36. The number of hydrogen-bond acceptors (Lipinski definition) is 5. The van der Waals surface area contributed by atoms with Gasteiger partial charge < -0.3 is 9.47 Å². The van der Waals surface area contributed by atoms with Crippen LogP contribution in [0.4, 0.5) is 0 Å². The van der Waals surface area contributed by atoms with E-state index in [2.05, 4.69) is 9.97 Å². The minimum Gasteiger partial charge on any atom is -0.461 e. The zero-order chi connectivity index (χ0) is 12.1. The van der Waals surface area contributed by atoms with E-state index in [1.54, 1.807) is 27.2 Å². The maximum atomic E-state index is 11.6. The molecule has 1 unspecified atom stereocenters. The molecule has 1 aromatic rings. The molecule has 0 saturated carbocycles. The van der Waals surface area contributed by atoms with Gasteiger partial charge in [-0.2, -0.15) is 0 Å². The Morgan fingerprint density at radius 2 is 2.25 bits per heavy atom. The third-order valence-corrected chi connectivity index (χ3v) is 2.18. The summed E-state index contributed by atoms with van der Waals surface area (Å²) in [6.07, 6.45) is 1.36. The monoisotopic (exact) mass is 224 g/mol. The number of aromatic nitrogens is 2. The Morgan fingerprint density at radius 3 is 2.81 bits per heavy atom. The lowest BCUT2D eigenvalue weighted by Crippen LogP contribution is -2.13. The first kappa shape index (κ1) is 12.6. The van der Waals surface area contributed by atoms with Gasteiger partial charge in [-0.25, -0.2) is 14.8 Å². The molecule has 5 heteroatoms. The summed E-state index contributed by atoms with van der Waals surface area (Å²) in [5.41, 5.74) is 1.00. The summed E-state index contributed by atoms with van der Waals surface area (Å²) >= 11 is 0. The SMILES string of the molecule is CCOC(=O)c1nc(C(C)OC)ncc1C. The number of aryl methyl sites for hydroxylation is 1. The number of esters is 1. The summed E-state index contributed by atoms with van der Waals surface area (Å²) in [5, 5.41) is 0. The van der Waals surface area contributed by atoms with Gasteiger partial charge >= 0.3 is 5.97 Å². The smallest absolute Gasteiger partial charge is 0.357 e. The number of hydrogen-bond donors (Lipinski definition) is 0. The summed E-state index contributed by atoms with van der Waals surface area (Å²) in [6.45, 7) is 5.68. The quantitative estimate of drug-likeness (QED) is 0.728. The van der Waals surface area contributed by atoms with Gasteiger partial charge in [0.2, 0.25) is 0 Å². The van der Waals surface area contributed by atoms with Crippen LogP contribution in [0.2, 0.25) is 0 Å². The fourth-order valence-corrected chi connectivity index (χ4v) is 1.16. The van der Waals surface area contributed by atoms with Crippen LogP contribution in [0.15, 0.2) is 6.20 Å². The molecule has 0 aromatic carbocycles. The number of nitrogens with zero attached hydrogens (tertiary/aromatic N) is 2. The Kier molecular flexibility index (Phi) is 4.37. The molecule has 0 bridgehead atoms. The van der Waals surface area contributed by atoms with Crippen LogP contribution >= 0.6 is 0 Å². The molecular weight excluding hydrogens is 208 g/mol. The highest BCUT2D eigenvalue weighted by molar-refractivity contribution is 5.88. The van der Waals surface area contributed by atoms with Crippen molar-refractivity contribution in [1.29, 1.82) is 0 Å². The van der Waals surface area contributed by atoms with Gasteiger partial charge in [0.05, 0.1) is 6.61 Å². The van der Waals surface area contributed by atoms with Gasteiger partial charge in [-0.05, 0) is 20.8 Å². The lowest BCUT2D eigenvalue weighted by Gasteiger charge is -2.10.